The van der Waals surface area contributed by atoms with Gasteiger partial charge in [0.2, 0.25) is 5.88 Å². The Labute approximate surface area is 110 Å². The molecule has 0 amide bonds. The molecule has 1 N–H and O–H groups in total. The highest BCUT2D eigenvalue weighted by Crippen LogP contribution is 2.11. The molecule has 0 bridgehead atoms. The molecule has 0 saturated heterocycles. The fourth-order valence-electron chi connectivity index (χ4n) is 1.63. The van der Waals surface area contributed by atoms with Gasteiger partial charge in [0.25, 0.3) is 0 Å². The molecule has 1 aromatic heterocycles. The van der Waals surface area contributed by atoms with Crippen molar-refractivity contribution in [2.45, 2.75) is 19.4 Å². The van der Waals surface area contributed by atoms with E-state index in [0.717, 1.165) is 5.56 Å². The number of hydrogen-bond acceptors (Lipinski definition) is 4. The van der Waals surface area contributed by atoms with E-state index < -0.39 is 5.97 Å². The molecule has 2 aromatic rings. The van der Waals surface area contributed by atoms with Crippen LogP contribution >= 0.6 is 0 Å². The van der Waals surface area contributed by atoms with Crippen LogP contribution in [-0.4, -0.2) is 32.7 Å². The highest BCUT2D eigenvalue weighted by atomic mass is 16.5. The first kappa shape index (κ1) is 13.1. The third kappa shape index (κ3) is 4.09. The van der Waals surface area contributed by atoms with E-state index in [1.54, 1.807) is 4.68 Å². The summed E-state index contributed by atoms with van der Waals surface area (Å²) in [6.07, 6.45) is 2.09. The Morgan fingerprint density at radius 3 is 2.84 bits per heavy atom. The van der Waals surface area contributed by atoms with E-state index in [2.05, 4.69) is 10.3 Å². The predicted molar refractivity (Wildman–Crippen MR) is 67.9 cm³/mol. The average Bonchev–Trinajstić information content (AvgIpc) is 2.83. The second-order valence-electron chi connectivity index (χ2n) is 4.06. The highest BCUT2D eigenvalue weighted by Gasteiger charge is 2.06. The molecule has 0 aliphatic carbocycles. The molecule has 19 heavy (non-hydrogen) atoms. The molecule has 0 radical (unpaired) electrons. The van der Waals surface area contributed by atoms with Crippen molar-refractivity contribution in [3.63, 3.8) is 0 Å². The molecule has 0 fully saturated rings. The highest BCUT2D eigenvalue weighted by molar-refractivity contribution is 5.66. The van der Waals surface area contributed by atoms with Gasteiger partial charge in [0.1, 0.15) is 6.20 Å². The number of rotatable bonds is 7. The minimum Gasteiger partial charge on any atom is -0.481 e. The minimum absolute atomic E-state index is 0.0975. The average molecular weight is 261 g/mol. The number of ether oxygens (including phenoxy) is 1. The number of aromatic nitrogens is 3. The van der Waals surface area contributed by atoms with E-state index in [1.165, 1.54) is 6.20 Å². The first-order chi connectivity index (χ1) is 9.25. The summed E-state index contributed by atoms with van der Waals surface area (Å²) in [5.74, 6) is -0.270. The van der Waals surface area contributed by atoms with Gasteiger partial charge >= 0.3 is 5.97 Å². The summed E-state index contributed by atoms with van der Waals surface area (Å²) in [5, 5.41) is 16.3. The Hall–Kier alpha value is -2.37. The van der Waals surface area contributed by atoms with Crippen molar-refractivity contribution in [2.24, 2.45) is 0 Å². The van der Waals surface area contributed by atoms with E-state index in [0.29, 0.717) is 25.5 Å². The fraction of sp³-hybridized carbons (Fsp3) is 0.308. The van der Waals surface area contributed by atoms with Crippen molar-refractivity contribution in [2.75, 3.05) is 6.61 Å². The monoisotopic (exact) mass is 261 g/mol. The standard InChI is InChI=1S/C13H15N3O3/c17-13(18)7-4-8-19-12-9-14-15-16(12)10-11-5-2-1-3-6-11/h1-3,5-6,9H,4,7-8,10H2,(H,17,18). The van der Waals surface area contributed by atoms with Crippen LogP contribution in [0.15, 0.2) is 36.5 Å². The van der Waals surface area contributed by atoms with Crippen LogP contribution in [0.4, 0.5) is 0 Å². The molecular weight excluding hydrogens is 246 g/mol. The second-order valence-corrected chi connectivity index (χ2v) is 4.06. The van der Waals surface area contributed by atoms with E-state index >= 15 is 0 Å². The molecule has 0 atom stereocenters. The molecule has 1 aromatic carbocycles. The smallest absolute Gasteiger partial charge is 0.303 e. The van der Waals surface area contributed by atoms with E-state index in [1.807, 2.05) is 30.3 Å². The van der Waals surface area contributed by atoms with Crippen LogP contribution < -0.4 is 4.74 Å². The Bertz CT molecular complexity index is 525. The van der Waals surface area contributed by atoms with Crippen LogP contribution in [-0.2, 0) is 11.3 Å². The van der Waals surface area contributed by atoms with Crippen molar-refractivity contribution in [3.8, 4) is 5.88 Å². The van der Waals surface area contributed by atoms with E-state index in [4.69, 9.17) is 9.84 Å². The lowest BCUT2D eigenvalue weighted by atomic mass is 10.2. The Kier molecular flexibility index (Phi) is 4.49. The summed E-state index contributed by atoms with van der Waals surface area (Å²) >= 11 is 0. The maximum atomic E-state index is 10.4. The van der Waals surface area contributed by atoms with Gasteiger partial charge in [-0.2, -0.15) is 0 Å². The first-order valence-electron chi connectivity index (χ1n) is 6.03. The molecular formula is C13H15N3O3. The third-order valence-electron chi connectivity index (χ3n) is 2.54. The normalized spacial score (nSPS) is 10.3. The molecule has 0 aliphatic rings. The predicted octanol–water partition coefficient (Wildman–Crippen LogP) is 1.57. The molecule has 6 heteroatoms. The zero-order valence-corrected chi connectivity index (χ0v) is 10.4. The number of hydrogen-bond donors (Lipinski definition) is 1. The summed E-state index contributed by atoms with van der Waals surface area (Å²) in [4.78, 5) is 10.4. The largest absolute Gasteiger partial charge is 0.481 e. The van der Waals surface area contributed by atoms with Crippen molar-refractivity contribution in [1.82, 2.24) is 15.0 Å². The summed E-state index contributed by atoms with van der Waals surface area (Å²) in [6, 6.07) is 9.86. The van der Waals surface area contributed by atoms with Crippen LogP contribution in [0, 0.1) is 0 Å². The van der Waals surface area contributed by atoms with Crippen molar-refractivity contribution < 1.29 is 14.6 Å². The van der Waals surface area contributed by atoms with E-state index in [9.17, 15) is 4.79 Å². The lowest BCUT2D eigenvalue weighted by molar-refractivity contribution is -0.137. The molecule has 0 unspecified atom stereocenters. The molecule has 1 heterocycles. The maximum absolute atomic E-state index is 10.4. The summed E-state index contributed by atoms with van der Waals surface area (Å²) < 4.78 is 7.12. The minimum atomic E-state index is -0.820. The van der Waals surface area contributed by atoms with Gasteiger partial charge in [0.05, 0.1) is 13.2 Å². The van der Waals surface area contributed by atoms with Gasteiger partial charge in [-0.15, -0.1) is 5.10 Å². The maximum Gasteiger partial charge on any atom is 0.303 e. The number of carboxylic acids is 1. The Morgan fingerprint density at radius 2 is 2.11 bits per heavy atom. The van der Waals surface area contributed by atoms with Crippen molar-refractivity contribution in [1.29, 1.82) is 0 Å². The Balaban J connectivity index is 1.89. The topological polar surface area (TPSA) is 77.2 Å². The van der Waals surface area contributed by atoms with Crippen LogP contribution in [0.2, 0.25) is 0 Å². The molecule has 0 spiro atoms. The Morgan fingerprint density at radius 1 is 1.32 bits per heavy atom. The van der Waals surface area contributed by atoms with Gasteiger partial charge in [-0.3, -0.25) is 4.79 Å². The van der Waals surface area contributed by atoms with Crippen LogP contribution in [0.3, 0.4) is 0 Å². The van der Waals surface area contributed by atoms with Crippen LogP contribution in [0.5, 0.6) is 5.88 Å². The third-order valence-corrected chi connectivity index (χ3v) is 2.54. The lowest BCUT2D eigenvalue weighted by Gasteiger charge is -2.07. The lowest BCUT2D eigenvalue weighted by Crippen LogP contribution is -2.08. The van der Waals surface area contributed by atoms with Crippen molar-refractivity contribution in [3.05, 3.63) is 42.1 Å². The van der Waals surface area contributed by atoms with Crippen LogP contribution in [0.25, 0.3) is 0 Å². The number of nitrogens with zero attached hydrogens (tertiary/aromatic N) is 3. The summed E-state index contributed by atoms with van der Waals surface area (Å²) in [5.41, 5.74) is 1.10. The SMILES string of the molecule is O=C(O)CCCOc1cnnn1Cc1ccccc1. The number of benzene rings is 1. The van der Waals surface area contributed by atoms with Gasteiger partial charge in [-0.1, -0.05) is 35.5 Å². The van der Waals surface area contributed by atoms with E-state index in [-0.39, 0.29) is 6.42 Å². The number of carbonyl (C=O) groups is 1. The fourth-order valence-corrected chi connectivity index (χ4v) is 1.63. The van der Waals surface area contributed by atoms with Gasteiger partial charge in [-0.25, -0.2) is 4.68 Å². The van der Waals surface area contributed by atoms with Gasteiger partial charge in [0.15, 0.2) is 0 Å². The second kappa shape index (κ2) is 6.53. The summed E-state index contributed by atoms with van der Waals surface area (Å²) in [7, 11) is 0. The zero-order chi connectivity index (χ0) is 13.5. The number of aliphatic carboxylic acids is 1. The summed E-state index contributed by atoms with van der Waals surface area (Å²) in [6.45, 7) is 0.920. The van der Waals surface area contributed by atoms with Gasteiger partial charge < -0.3 is 9.84 Å². The zero-order valence-electron chi connectivity index (χ0n) is 10.4. The molecule has 6 nitrogen and oxygen atoms in total. The van der Waals surface area contributed by atoms with Crippen LogP contribution in [0.1, 0.15) is 18.4 Å². The molecule has 0 saturated carbocycles. The molecule has 0 aliphatic heterocycles. The quantitative estimate of drug-likeness (QED) is 0.765. The number of carboxylic acid groups (broad SMARTS) is 1. The molecule has 2 rings (SSSR count). The van der Waals surface area contributed by atoms with Gasteiger partial charge in [-0.05, 0) is 12.0 Å². The first-order valence-corrected chi connectivity index (χ1v) is 6.03. The van der Waals surface area contributed by atoms with Gasteiger partial charge in [0, 0.05) is 6.42 Å². The van der Waals surface area contributed by atoms with Crippen molar-refractivity contribution >= 4 is 5.97 Å². The molecule has 100 valence electrons.